The number of hydrogen-bond donors (Lipinski definition) is 3. The number of hydrogen-bond acceptors (Lipinski definition) is 7. The summed E-state index contributed by atoms with van der Waals surface area (Å²) < 4.78 is 46.4. The van der Waals surface area contributed by atoms with Gasteiger partial charge in [-0.15, -0.1) is 12.4 Å². The van der Waals surface area contributed by atoms with Crippen LogP contribution in [0.4, 0.5) is 15.8 Å². The molecule has 0 radical (unpaired) electrons. The first-order valence-electron chi connectivity index (χ1n) is 10.9. The Hall–Kier alpha value is -3.00. The van der Waals surface area contributed by atoms with E-state index in [2.05, 4.69) is 20.0 Å². The van der Waals surface area contributed by atoms with Gasteiger partial charge in [-0.25, -0.2) is 19.5 Å². The Bertz CT molecular complexity index is 1300. The molecule has 11 nitrogen and oxygen atoms in total. The van der Waals surface area contributed by atoms with Crippen LogP contribution in [0.15, 0.2) is 36.8 Å². The van der Waals surface area contributed by atoms with Crippen LogP contribution in [-0.2, 0) is 10.2 Å². The predicted octanol–water partition coefficient (Wildman–Crippen LogP) is 2.09. The summed E-state index contributed by atoms with van der Waals surface area (Å²) >= 11 is 0. The molecule has 14 heteroatoms. The van der Waals surface area contributed by atoms with Crippen molar-refractivity contribution in [2.24, 2.45) is 5.14 Å². The Morgan fingerprint density at radius 2 is 2.06 bits per heavy atom. The largest absolute Gasteiger partial charge is 0.475 e. The molecule has 4 N–H and O–H groups in total. The van der Waals surface area contributed by atoms with Crippen molar-refractivity contribution in [2.45, 2.75) is 32.2 Å². The minimum Gasteiger partial charge on any atom is -0.475 e. The molecule has 0 spiro atoms. The van der Waals surface area contributed by atoms with Crippen molar-refractivity contribution in [1.29, 1.82) is 0 Å². The second-order valence-corrected chi connectivity index (χ2v) is 9.30. The molecule has 4 rings (SSSR count). The molecule has 0 bridgehead atoms. The van der Waals surface area contributed by atoms with Gasteiger partial charge in [-0.05, 0) is 37.5 Å². The highest BCUT2D eigenvalue weighted by atomic mass is 35.5. The van der Waals surface area contributed by atoms with Crippen LogP contribution >= 0.6 is 12.4 Å². The molecule has 1 amide bonds. The summed E-state index contributed by atoms with van der Waals surface area (Å²) in [4.78, 5) is 23.5. The zero-order valence-electron chi connectivity index (χ0n) is 19.0. The van der Waals surface area contributed by atoms with Crippen LogP contribution in [0.5, 0.6) is 5.88 Å². The van der Waals surface area contributed by atoms with Crippen LogP contribution in [0.3, 0.4) is 0 Å². The molecule has 2 aromatic heterocycles. The van der Waals surface area contributed by atoms with Gasteiger partial charge in [0.15, 0.2) is 0 Å². The molecule has 1 aliphatic rings. The summed E-state index contributed by atoms with van der Waals surface area (Å²) in [5.41, 5.74) is 1.48. The number of imidazole rings is 1. The first kappa shape index (κ1) is 26.6. The van der Waals surface area contributed by atoms with E-state index >= 15 is 0 Å². The van der Waals surface area contributed by atoms with Crippen molar-refractivity contribution in [1.82, 2.24) is 19.1 Å². The van der Waals surface area contributed by atoms with Crippen molar-refractivity contribution >= 4 is 45.5 Å². The predicted molar refractivity (Wildman–Crippen MR) is 132 cm³/mol. The molecular weight excluding hydrogens is 501 g/mol. The lowest BCUT2D eigenvalue weighted by Crippen LogP contribution is -2.46. The Morgan fingerprint density at radius 3 is 2.74 bits per heavy atom. The number of aromatic nitrogens is 3. The van der Waals surface area contributed by atoms with E-state index in [1.54, 1.807) is 22.9 Å². The summed E-state index contributed by atoms with van der Waals surface area (Å²) in [5, 5.41) is 7.82. The van der Waals surface area contributed by atoms with Crippen molar-refractivity contribution in [3.05, 3.63) is 48.3 Å². The highest BCUT2D eigenvalue weighted by Crippen LogP contribution is 2.30. The summed E-state index contributed by atoms with van der Waals surface area (Å²) in [7, 11) is -3.79. The van der Waals surface area contributed by atoms with E-state index in [9.17, 15) is 17.6 Å². The lowest BCUT2D eigenvalue weighted by molar-refractivity contribution is 0.102. The Labute approximate surface area is 208 Å². The smallest absolute Gasteiger partial charge is 0.276 e. The lowest BCUT2D eigenvalue weighted by Gasteiger charge is -2.34. The number of carbonyl (C=O) groups excluding carboxylic acids is 1. The average Bonchev–Trinajstić information content (AvgIpc) is 3.26. The minimum absolute atomic E-state index is 0. The van der Waals surface area contributed by atoms with Crippen molar-refractivity contribution in [3.63, 3.8) is 0 Å². The molecule has 35 heavy (non-hydrogen) atoms. The molecular formula is C21H27ClFN7O4S. The summed E-state index contributed by atoms with van der Waals surface area (Å²) in [6, 6.07) is 3.86. The highest BCUT2D eigenvalue weighted by Gasteiger charge is 2.24. The second kappa shape index (κ2) is 11.2. The third-order valence-corrected chi connectivity index (χ3v) is 6.05. The monoisotopic (exact) mass is 527 g/mol. The number of rotatable bonds is 8. The molecule has 3 aromatic rings. The highest BCUT2D eigenvalue weighted by molar-refractivity contribution is 7.87. The first-order chi connectivity index (χ1) is 16.2. The van der Waals surface area contributed by atoms with E-state index in [-0.39, 0.29) is 35.7 Å². The first-order valence-corrected chi connectivity index (χ1v) is 12.4. The fraction of sp³-hybridized carbons (Fsp3) is 0.381. The molecule has 0 aliphatic carbocycles. The Morgan fingerprint density at radius 1 is 1.31 bits per heavy atom. The van der Waals surface area contributed by atoms with E-state index in [0.717, 1.165) is 6.42 Å². The zero-order chi connectivity index (χ0) is 24.3. The number of anilines is 2. The summed E-state index contributed by atoms with van der Waals surface area (Å²) in [6.07, 6.45) is 6.58. The van der Waals surface area contributed by atoms with Crippen LogP contribution in [0.2, 0.25) is 0 Å². The summed E-state index contributed by atoms with van der Waals surface area (Å²) in [5.74, 6) is -0.798. The average molecular weight is 528 g/mol. The van der Waals surface area contributed by atoms with Gasteiger partial charge in [0.1, 0.15) is 11.5 Å². The standard InChI is InChI=1S/C21H26FN7O4S.ClH/c1-2-11-33-21-19-24-7-10-29(19)13-17(26-21)20(30)25-16-12-14(22)3-4-18(16)28-8-5-15(6-9-28)27-34(23,31)32;/h3-4,7,10,12-13,15,27H,2,5-6,8-9,11H2,1H3,(H,25,30)(H2,23,31,32);1H. The molecule has 0 saturated carbocycles. The van der Waals surface area contributed by atoms with Crippen molar-refractivity contribution in [2.75, 3.05) is 29.9 Å². The van der Waals surface area contributed by atoms with E-state index in [1.165, 1.54) is 18.3 Å². The maximum atomic E-state index is 14.1. The minimum atomic E-state index is -3.79. The van der Waals surface area contributed by atoms with Gasteiger partial charge in [0.25, 0.3) is 22.0 Å². The normalized spacial score (nSPS) is 14.5. The second-order valence-electron chi connectivity index (χ2n) is 7.98. The Kier molecular flexibility index (Phi) is 8.48. The number of fused-ring (bicyclic) bond motifs is 1. The molecule has 1 aromatic carbocycles. The van der Waals surface area contributed by atoms with Gasteiger partial charge in [0.2, 0.25) is 5.65 Å². The quantitative estimate of drug-likeness (QED) is 0.407. The number of benzene rings is 1. The molecule has 1 saturated heterocycles. The maximum absolute atomic E-state index is 14.1. The van der Waals surface area contributed by atoms with E-state index in [0.29, 0.717) is 43.9 Å². The maximum Gasteiger partial charge on any atom is 0.276 e. The van der Waals surface area contributed by atoms with Gasteiger partial charge in [0, 0.05) is 37.7 Å². The van der Waals surface area contributed by atoms with Crippen LogP contribution < -0.4 is 24.8 Å². The molecule has 1 fully saturated rings. The van der Waals surface area contributed by atoms with E-state index < -0.39 is 21.9 Å². The van der Waals surface area contributed by atoms with E-state index in [4.69, 9.17) is 9.88 Å². The zero-order valence-corrected chi connectivity index (χ0v) is 20.6. The van der Waals surface area contributed by atoms with Gasteiger partial charge >= 0.3 is 0 Å². The van der Waals surface area contributed by atoms with Gasteiger partial charge in [-0.2, -0.15) is 13.1 Å². The number of nitrogens with zero attached hydrogens (tertiary/aromatic N) is 4. The van der Waals surface area contributed by atoms with Crippen LogP contribution in [0.1, 0.15) is 36.7 Å². The molecule has 3 heterocycles. The number of piperidine rings is 1. The fourth-order valence-corrected chi connectivity index (χ4v) is 4.55. The number of nitrogens with two attached hydrogens (primary N) is 1. The van der Waals surface area contributed by atoms with Gasteiger partial charge < -0.3 is 19.4 Å². The SMILES string of the molecule is CCCOc1nc(C(=O)Nc2cc(F)ccc2N2CCC(NS(N)(=O)=O)CC2)cn2ccnc12.Cl. The molecule has 190 valence electrons. The number of nitrogens with one attached hydrogen (secondary N) is 2. The number of halogens is 2. The van der Waals surface area contributed by atoms with Crippen LogP contribution in [-0.4, -0.2) is 54.4 Å². The third-order valence-electron chi connectivity index (χ3n) is 5.39. The van der Waals surface area contributed by atoms with Crippen molar-refractivity contribution < 1.29 is 22.3 Å². The molecule has 1 aliphatic heterocycles. The van der Waals surface area contributed by atoms with Gasteiger partial charge in [-0.1, -0.05) is 6.92 Å². The van der Waals surface area contributed by atoms with Gasteiger partial charge in [-0.3, -0.25) is 4.79 Å². The summed E-state index contributed by atoms with van der Waals surface area (Å²) in [6.45, 7) is 3.37. The topological polar surface area (TPSA) is 144 Å². The van der Waals surface area contributed by atoms with Crippen LogP contribution in [0, 0.1) is 5.82 Å². The number of amides is 1. The fourth-order valence-electron chi connectivity index (χ4n) is 3.85. The lowest BCUT2D eigenvalue weighted by atomic mass is 10.0. The van der Waals surface area contributed by atoms with Crippen molar-refractivity contribution in [3.8, 4) is 5.88 Å². The van der Waals surface area contributed by atoms with Gasteiger partial charge in [0.05, 0.1) is 18.0 Å². The number of ether oxygens (including phenoxy) is 1. The molecule has 0 unspecified atom stereocenters. The Balaban J connectivity index is 0.00000342. The van der Waals surface area contributed by atoms with E-state index in [1.807, 2.05) is 11.8 Å². The van der Waals surface area contributed by atoms with Crippen LogP contribution in [0.25, 0.3) is 5.65 Å². The molecule has 0 atom stereocenters. The number of carbonyl (C=O) groups is 1. The third kappa shape index (κ3) is 6.57.